The molecule has 0 radical (unpaired) electrons. The van der Waals surface area contributed by atoms with Crippen LogP contribution in [-0.4, -0.2) is 12.9 Å². The van der Waals surface area contributed by atoms with Crippen molar-refractivity contribution in [2.75, 3.05) is 12.4 Å². The van der Waals surface area contributed by atoms with Gasteiger partial charge in [-0.25, -0.2) is 0 Å². The van der Waals surface area contributed by atoms with Crippen LogP contribution in [0.3, 0.4) is 0 Å². The van der Waals surface area contributed by atoms with Crippen molar-refractivity contribution in [3.05, 3.63) is 59.7 Å². The number of alkyl halides is 3. The van der Waals surface area contributed by atoms with Gasteiger partial charge in [-0.05, 0) is 54.8 Å². The van der Waals surface area contributed by atoms with E-state index in [1.165, 1.54) is 12.1 Å². The minimum atomic E-state index is -4.38. The number of ether oxygens (including phenoxy) is 1. The summed E-state index contributed by atoms with van der Waals surface area (Å²) in [6.45, 7) is 0. The van der Waals surface area contributed by atoms with Gasteiger partial charge in [-0.15, -0.1) is 0 Å². The predicted octanol–water partition coefficient (Wildman–Crippen LogP) is 5.63. The number of benzene rings is 2. The average molecular weight is 377 g/mol. The van der Waals surface area contributed by atoms with E-state index in [0.717, 1.165) is 37.1 Å². The number of hydrogen-bond donors (Lipinski definition) is 1. The lowest BCUT2D eigenvalue weighted by Crippen LogP contribution is -2.30. The molecule has 0 amide bonds. The molecule has 144 valence electrons. The average Bonchev–Trinajstić information content (AvgIpc) is 2.67. The van der Waals surface area contributed by atoms with Gasteiger partial charge in [-0.1, -0.05) is 18.6 Å². The van der Waals surface area contributed by atoms with Gasteiger partial charge in [0.2, 0.25) is 0 Å². The smallest absolute Gasteiger partial charge is 0.416 e. The molecule has 1 aliphatic carbocycles. The molecule has 3 rings (SSSR count). The molecular weight excluding hydrogens is 355 g/mol. The highest BCUT2D eigenvalue weighted by Crippen LogP contribution is 2.37. The Morgan fingerprint density at radius 1 is 1.04 bits per heavy atom. The molecule has 1 saturated carbocycles. The van der Waals surface area contributed by atoms with Crippen LogP contribution in [0.4, 0.5) is 18.9 Å². The second-order valence-electron chi connectivity index (χ2n) is 6.79. The molecule has 0 bridgehead atoms. The van der Waals surface area contributed by atoms with Crippen molar-refractivity contribution in [2.24, 2.45) is 5.92 Å². The molecule has 3 nitrogen and oxygen atoms in total. The Morgan fingerprint density at radius 3 is 2.26 bits per heavy atom. The monoisotopic (exact) mass is 377 g/mol. The maximum absolute atomic E-state index is 12.9. The Morgan fingerprint density at radius 2 is 1.70 bits per heavy atom. The summed E-state index contributed by atoms with van der Waals surface area (Å²) >= 11 is 0. The first-order chi connectivity index (χ1) is 12.9. The molecule has 1 aliphatic rings. The molecular formula is C21H22F3NO2. The lowest BCUT2D eigenvalue weighted by molar-refractivity contribution is -0.137. The third kappa shape index (κ3) is 4.62. The van der Waals surface area contributed by atoms with Gasteiger partial charge in [0.15, 0.2) is 0 Å². The third-order valence-electron chi connectivity index (χ3n) is 5.01. The molecule has 27 heavy (non-hydrogen) atoms. The topological polar surface area (TPSA) is 38.3 Å². The van der Waals surface area contributed by atoms with Crippen molar-refractivity contribution in [2.45, 2.75) is 37.9 Å². The van der Waals surface area contributed by atoms with Crippen LogP contribution in [0.25, 0.3) is 0 Å². The number of methoxy groups -OCH3 is 1. The number of Topliss-reactive ketones (excluding diaryl/α,β-unsaturated/α-hetero) is 1. The van der Waals surface area contributed by atoms with Crippen molar-refractivity contribution in [3.8, 4) is 5.75 Å². The van der Waals surface area contributed by atoms with E-state index in [9.17, 15) is 18.0 Å². The van der Waals surface area contributed by atoms with Gasteiger partial charge in [0, 0.05) is 18.0 Å². The van der Waals surface area contributed by atoms with Gasteiger partial charge in [0.25, 0.3) is 0 Å². The van der Waals surface area contributed by atoms with Gasteiger partial charge in [0.1, 0.15) is 11.5 Å². The number of carbonyl (C=O) groups is 1. The number of hydrogen-bond acceptors (Lipinski definition) is 3. The van der Waals surface area contributed by atoms with Gasteiger partial charge in [-0.3, -0.25) is 4.79 Å². The molecule has 0 saturated heterocycles. The molecule has 0 aromatic heterocycles. The van der Waals surface area contributed by atoms with Crippen molar-refractivity contribution in [1.82, 2.24) is 0 Å². The summed E-state index contributed by atoms with van der Waals surface area (Å²) in [5.41, 5.74) is 0.780. The molecule has 1 N–H and O–H groups in total. The van der Waals surface area contributed by atoms with E-state index >= 15 is 0 Å². The van der Waals surface area contributed by atoms with Crippen LogP contribution >= 0.6 is 0 Å². The number of carbonyl (C=O) groups excluding carboxylic acids is 1. The molecule has 2 atom stereocenters. The summed E-state index contributed by atoms with van der Waals surface area (Å²) in [5.74, 6) is 0.616. The molecule has 1 fully saturated rings. The summed E-state index contributed by atoms with van der Waals surface area (Å²) in [4.78, 5) is 12.5. The number of anilines is 1. The second-order valence-corrected chi connectivity index (χ2v) is 6.79. The minimum Gasteiger partial charge on any atom is -0.497 e. The number of nitrogens with one attached hydrogen (secondary N) is 1. The number of halogens is 3. The lowest BCUT2D eigenvalue weighted by atomic mass is 9.80. The first kappa shape index (κ1) is 19.3. The molecule has 1 unspecified atom stereocenters. The highest BCUT2D eigenvalue weighted by atomic mass is 19.4. The van der Waals surface area contributed by atoms with Crippen LogP contribution < -0.4 is 10.1 Å². The highest BCUT2D eigenvalue weighted by molar-refractivity contribution is 5.83. The Balaban J connectivity index is 1.90. The zero-order valence-corrected chi connectivity index (χ0v) is 15.1. The predicted molar refractivity (Wildman–Crippen MR) is 97.8 cm³/mol. The quantitative estimate of drug-likeness (QED) is 0.734. The molecule has 2 aromatic rings. The number of rotatable bonds is 5. The standard InChI is InChI=1S/C21H22F3NO2/c1-27-17-12-10-16(11-13-17)25-20(18-4-2-3-5-19(18)26)14-6-8-15(9-7-14)21(22,23)24/h6-13,18,20,25H,2-5H2,1H3/t18?,20-/m1/s1. The van der Waals surface area contributed by atoms with Crippen molar-refractivity contribution in [1.29, 1.82) is 0 Å². The van der Waals surface area contributed by atoms with Gasteiger partial charge >= 0.3 is 6.18 Å². The fourth-order valence-corrected chi connectivity index (χ4v) is 3.52. The first-order valence-electron chi connectivity index (χ1n) is 8.99. The van der Waals surface area contributed by atoms with Crippen LogP contribution in [0.2, 0.25) is 0 Å². The Hall–Kier alpha value is -2.50. The number of ketones is 1. The van der Waals surface area contributed by atoms with Crippen molar-refractivity contribution >= 4 is 11.5 Å². The highest BCUT2D eigenvalue weighted by Gasteiger charge is 2.33. The molecule has 2 aromatic carbocycles. The van der Waals surface area contributed by atoms with Crippen LogP contribution in [0, 0.1) is 5.92 Å². The van der Waals surface area contributed by atoms with Crippen LogP contribution in [0.5, 0.6) is 5.75 Å². The zero-order chi connectivity index (χ0) is 19.4. The summed E-state index contributed by atoms with van der Waals surface area (Å²) < 4.78 is 43.8. The van der Waals surface area contributed by atoms with E-state index in [4.69, 9.17) is 4.74 Å². The maximum Gasteiger partial charge on any atom is 0.416 e. The first-order valence-corrected chi connectivity index (χ1v) is 8.99. The Bertz CT molecular complexity index is 770. The van der Waals surface area contributed by atoms with E-state index in [1.54, 1.807) is 19.2 Å². The van der Waals surface area contributed by atoms with Crippen molar-refractivity contribution in [3.63, 3.8) is 0 Å². The SMILES string of the molecule is COc1ccc(N[C@H](c2ccc(C(F)(F)F)cc2)C2CCCCC2=O)cc1. The normalized spacial score (nSPS) is 18.8. The fourth-order valence-electron chi connectivity index (χ4n) is 3.52. The molecule has 0 spiro atoms. The van der Waals surface area contributed by atoms with E-state index in [2.05, 4.69) is 5.32 Å². The molecule has 0 heterocycles. The van der Waals surface area contributed by atoms with Gasteiger partial charge in [0.05, 0.1) is 18.7 Å². The zero-order valence-electron chi connectivity index (χ0n) is 15.1. The van der Waals surface area contributed by atoms with E-state index in [1.807, 2.05) is 12.1 Å². The van der Waals surface area contributed by atoms with E-state index < -0.39 is 11.7 Å². The maximum atomic E-state index is 12.9. The summed E-state index contributed by atoms with van der Waals surface area (Å²) in [6.07, 6.45) is -1.31. The summed E-state index contributed by atoms with van der Waals surface area (Å²) in [6, 6.07) is 12.0. The van der Waals surface area contributed by atoms with Crippen molar-refractivity contribution < 1.29 is 22.7 Å². The van der Waals surface area contributed by atoms with Crippen LogP contribution in [0.1, 0.15) is 42.9 Å². The Kier molecular flexibility index (Phi) is 5.73. The van der Waals surface area contributed by atoms with E-state index in [0.29, 0.717) is 17.7 Å². The summed E-state index contributed by atoms with van der Waals surface area (Å²) in [7, 11) is 1.58. The Labute approximate surface area is 156 Å². The molecule has 0 aliphatic heterocycles. The van der Waals surface area contributed by atoms with Gasteiger partial charge in [-0.2, -0.15) is 13.2 Å². The summed E-state index contributed by atoms with van der Waals surface area (Å²) in [5, 5.41) is 3.35. The fraction of sp³-hybridized carbons (Fsp3) is 0.381. The molecule has 6 heteroatoms. The second kappa shape index (κ2) is 8.03. The van der Waals surface area contributed by atoms with Gasteiger partial charge < -0.3 is 10.1 Å². The minimum absolute atomic E-state index is 0.159. The lowest BCUT2D eigenvalue weighted by Gasteiger charge is -2.31. The largest absolute Gasteiger partial charge is 0.497 e. The van der Waals surface area contributed by atoms with Crippen LogP contribution in [-0.2, 0) is 11.0 Å². The van der Waals surface area contributed by atoms with E-state index in [-0.39, 0.29) is 17.7 Å². The third-order valence-corrected chi connectivity index (χ3v) is 5.01. The van der Waals surface area contributed by atoms with Crippen LogP contribution in [0.15, 0.2) is 48.5 Å².